The van der Waals surface area contributed by atoms with E-state index in [1.807, 2.05) is 30.3 Å². The molecule has 36 heavy (non-hydrogen) atoms. The van der Waals surface area contributed by atoms with Crippen molar-refractivity contribution in [3.63, 3.8) is 0 Å². The Kier molecular flexibility index (Phi) is 6.27. The van der Waals surface area contributed by atoms with Gasteiger partial charge >= 0.3 is 0 Å². The molecule has 3 aromatic carbocycles. The minimum absolute atomic E-state index is 0.0238. The standard InChI is InChI=1S/C31H33ClN2O2/c1-36-24-10-6-21(7-11-24)8-13-30(35)33-23-14-16-34(17-15-23)20-31-19-27(25-4-2-3-5-28(25)31)26-12-9-22(32)18-29(26)31/h2-7,9-12,18,23,27H,8,13-17,19-20H2,1H3,(H,33,35). The Morgan fingerprint density at radius 2 is 1.78 bits per heavy atom. The second-order valence-corrected chi connectivity index (χ2v) is 11.1. The van der Waals surface area contributed by atoms with Crippen LogP contribution >= 0.6 is 11.6 Å². The summed E-state index contributed by atoms with van der Waals surface area (Å²) in [4.78, 5) is 15.2. The number of piperidine rings is 1. The Hall–Kier alpha value is -2.82. The molecule has 0 spiro atoms. The number of ether oxygens (including phenoxy) is 1. The molecule has 5 heteroatoms. The lowest BCUT2D eigenvalue weighted by atomic mass is 9.74. The molecule has 1 saturated heterocycles. The van der Waals surface area contributed by atoms with Crippen molar-refractivity contribution in [3.8, 4) is 5.75 Å². The van der Waals surface area contributed by atoms with Crippen LogP contribution in [0.1, 0.15) is 59.4 Å². The number of benzene rings is 3. The van der Waals surface area contributed by atoms with Gasteiger partial charge in [0.2, 0.25) is 5.91 Å². The Morgan fingerprint density at radius 3 is 2.56 bits per heavy atom. The second kappa shape index (κ2) is 9.57. The van der Waals surface area contributed by atoms with Crippen LogP contribution < -0.4 is 10.1 Å². The van der Waals surface area contributed by atoms with E-state index < -0.39 is 0 Å². The fraction of sp³-hybridized carbons (Fsp3) is 0.387. The van der Waals surface area contributed by atoms with Crippen molar-refractivity contribution >= 4 is 17.5 Å². The summed E-state index contributed by atoms with van der Waals surface area (Å²) >= 11 is 6.48. The first-order valence-electron chi connectivity index (χ1n) is 13.1. The zero-order valence-corrected chi connectivity index (χ0v) is 21.6. The van der Waals surface area contributed by atoms with Crippen LogP contribution in [-0.4, -0.2) is 43.6 Å². The minimum Gasteiger partial charge on any atom is -0.497 e. The summed E-state index contributed by atoms with van der Waals surface area (Å²) in [6.45, 7) is 3.04. The number of hydrogen-bond donors (Lipinski definition) is 1. The van der Waals surface area contributed by atoms with Gasteiger partial charge in [0.15, 0.2) is 0 Å². The highest BCUT2D eigenvalue weighted by atomic mass is 35.5. The second-order valence-electron chi connectivity index (χ2n) is 10.6. The van der Waals surface area contributed by atoms with Crippen LogP contribution in [-0.2, 0) is 16.6 Å². The van der Waals surface area contributed by atoms with E-state index in [1.54, 1.807) is 7.11 Å². The number of hydrogen-bond acceptors (Lipinski definition) is 3. The summed E-state index contributed by atoms with van der Waals surface area (Å²) in [5.41, 5.74) is 7.04. The van der Waals surface area contributed by atoms with Crippen molar-refractivity contribution in [2.24, 2.45) is 0 Å². The van der Waals surface area contributed by atoms with Crippen LogP contribution in [0.2, 0.25) is 5.02 Å². The van der Waals surface area contributed by atoms with E-state index in [1.165, 1.54) is 22.3 Å². The average molecular weight is 501 g/mol. The van der Waals surface area contributed by atoms with Gasteiger partial charge in [-0.05, 0) is 77.8 Å². The maximum absolute atomic E-state index is 12.6. The zero-order valence-electron chi connectivity index (χ0n) is 20.8. The number of amides is 1. The summed E-state index contributed by atoms with van der Waals surface area (Å²) < 4.78 is 5.21. The molecule has 0 saturated carbocycles. The van der Waals surface area contributed by atoms with Gasteiger partial charge in [-0.25, -0.2) is 0 Å². The van der Waals surface area contributed by atoms with Gasteiger partial charge in [0.05, 0.1) is 7.11 Å². The number of rotatable bonds is 7. The van der Waals surface area contributed by atoms with Gasteiger partial charge in [-0.2, -0.15) is 0 Å². The number of carbonyl (C=O) groups excluding carboxylic acids is 1. The van der Waals surface area contributed by atoms with Crippen molar-refractivity contribution < 1.29 is 9.53 Å². The number of carbonyl (C=O) groups is 1. The summed E-state index contributed by atoms with van der Waals surface area (Å²) in [6.07, 6.45) is 4.41. The highest BCUT2D eigenvalue weighted by Crippen LogP contribution is 2.60. The average Bonchev–Trinajstić information content (AvgIpc) is 3.40. The number of nitrogens with one attached hydrogen (secondary N) is 1. The lowest BCUT2D eigenvalue weighted by molar-refractivity contribution is -0.122. The van der Waals surface area contributed by atoms with Gasteiger partial charge in [0.25, 0.3) is 0 Å². The van der Waals surface area contributed by atoms with E-state index >= 15 is 0 Å². The van der Waals surface area contributed by atoms with E-state index in [2.05, 4.69) is 46.6 Å². The van der Waals surface area contributed by atoms with Crippen LogP contribution in [0.3, 0.4) is 0 Å². The van der Waals surface area contributed by atoms with E-state index in [4.69, 9.17) is 16.3 Å². The maximum Gasteiger partial charge on any atom is 0.220 e. The SMILES string of the molecule is COc1ccc(CCC(=O)NC2CCN(CC34CC(c5ccccc53)c3ccc(Cl)cc34)CC2)cc1. The molecule has 0 radical (unpaired) electrons. The van der Waals surface area contributed by atoms with Crippen LogP contribution in [0.15, 0.2) is 66.7 Å². The molecule has 2 bridgehead atoms. The third-order valence-corrected chi connectivity index (χ3v) is 8.79. The predicted octanol–water partition coefficient (Wildman–Crippen LogP) is 5.70. The molecule has 4 nitrogen and oxygen atoms in total. The monoisotopic (exact) mass is 500 g/mol. The van der Waals surface area contributed by atoms with Crippen molar-refractivity contribution in [2.45, 2.75) is 49.5 Å². The number of fused-ring (bicyclic) bond motifs is 8. The van der Waals surface area contributed by atoms with Crippen molar-refractivity contribution in [1.82, 2.24) is 10.2 Å². The van der Waals surface area contributed by atoms with E-state index in [0.29, 0.717) is 12.3 Å². The van der Waals surface area contributed by atoms with Crippen molar-refractivity contribution in [2.75, 3.05) is 26.7 Å². The highest BCUT2D eigenvalue weighted by Gasteiger charge is 2.53. The van der Waals surface area contributed by atoms with Gasteiger partial charge in [0, 0.05) is 48.5 Å². The third kappa shape index (κ3) is 4.21. The molecule has 3 aliphatic rings. The quantitative estimate of drug-likeness (QED) is 0.452. The van der Waals surface area contributed by atoms with Crippen molar-refractivity contribution in [1.29, 1.82) is 0 Å². The molecule has 1 fully saturated rings. The first-order chi connectivity index (χ1) is 17.6. The topological polar surface area (TPSA) is 41.6 Å². The molecule has 1 amide bonds. The fourth-order valence-electron chi connectivity index (χ4n) is 6.79. The molecule has 1 heterocycles. The molecule has 2 atom stereocenters. The smallest absolute Gasteiger partial charge is 0.220 e. The summed E-state index contributed by atoms with van der Waals surface area (Å²) in [7, 11) is 1.67. The Bertz CT molecular complexity index is 1270. The Balaban J connectivity index is 1.07. The lowest BCUT2D eigenvalue weighted by Crippen LogP contribution is -2.48. The van der Waals surface area contributed by atoms with E-state index in [0.717, 1.165) is 61.7 Å². The molecule has 1 aliphatic heterocycles. The fourth-order valence-corrected chi connectivity index (χ4v) is 6.96. The van der Waals surface area contributed by atoms with Crippen LogP contribution in [0.5, 0.6) is 5.75 Å². The Labute approximate surface area is 218 Å². The van der Waals surface area contributed by atoms with Crippen molar-refractivity contribution in [3.05, 3.63) is 99.6 Å². The first kappa shape index (κ1) is 23.6. The molecule has 1 N–H and O–H groups in total. The predicted molar refractivity (Wildman–Crippen MR) is 144 cm³/mol. The summed E-state index contributed by atoms with van der Waals surface area (Å²) in [6, 6.07) is 23.7. The van der Waals surface area contributed by atoms with Crippen LogP contribution in [0.25, 0.3) is 0 Å². The lowest BCUT2D eigenvalue weighted by Gasteiger charge is -2.40. The molecule has 2 unspecified atom stereocenters. The number of nitrogens with zero attached hydrogens (tertiary/aromatic N) is 1. The molecule has 2 aliphatic carbocycles. The largest absolute Gasteiger partial charge is 0.497 e. The summed E-state index contributed by atoms with van der Waals surface area (Å²) in [5.74, 6) is 1.47. The van der Waals surface area contributed by atoms with Crippen LogP contribution in [0, 0.1) is 0 Å². The highest BCUT2D eigenvalue weighted by molar-refractivity contribution is 6.30. The maximum atomic E-state index is 12.6. The molecular formula is C31H33ClN2O2. The molecule has 6 rings (SSSR count). The van der Waals surface area contributed by atoms with Gasteiger partial charge in [-0.3, -0.25) is 4.79 Å². The first-order valence-corrected chi connectivity index (χ1v) is 13.5. The Morgan fingerprint density at radius 1 is 1.03 bits per heavy atom. The number of likely N-dealkylation sites (tertiary alicyclic amines) is 1. The zero-order chi connectivity index (χ0) is 24.7. The molecule has 186 valence electrons. The summed E-state index contributed by atoms with van der Waals surface area (Å²) in [5, 5.41) is 4.12. The van der Waals surface area contributed by atoms with E-state index in [-0.39, 0.29) is 17.4 Å². The van der Waals surface area contributed by atoms with Crippen LogP contribution in [0.4, 0.5) is 0 Å². The molecular weight excluding hydrogens is 468 g/mol. The number of methoxy groups -OCH3 is 1. The number of aryl methyl sites for hydroxylation is 1. The van der Waals surface area contributed by atoms with Gasteiger partial charge < -0.3 is 15.0 Å². The van der Waals surface area contributed by atoms with Gasteiger partial charge in [-0.1, -0.05) is 54.1 Å². The third-order valence-electron chi connectivity index (χ3n) is 8.56. The molecule has 3 aromatic rings. The number of halogens is 1. The minimum atomic E-state index is 0.0238. The normalized spacial score (nSPS) is 22.8. The van der Waals surface area contributed by atoms with Gasteiger partial charge in [-0.15, -0.1) is 0 Å². The van der Waals surface area contributed by atoms with E-state index in [9.17, 15) is 4.79 Å². The van der Waals surface area contributed by atoms with Gasteiger partial charge in [0.1, 0.15) is 5.75 Å². The molecule has 0 aromatic heterocycles.